The molecular formula is C8H12N2. The molecule has 0 aliphatic carbocycles. The molecule has 2 heteroatoms. The first-order chi connectivity index (χ1) is 4.97. The van der Waals surface area contributed by atoms with Crippen LogP contribution in [0.5, 0.6) is 0 Å². The van der Waals surface area contributed by atoms with E-state index in [2.05, 4.69) is 11.2 Å². The van der Waals surface area contributed by atoms with Crippen LogP contribution in [0.25, 0.3) is 6.20 Å². The van der Waals surface area contributed by atoms with Crippen LogP contribution in [0, 0.1) is 0 Å². The van der Waals surface area contributed by atoms with E-state index in [4.69, 9.17) is 0 Å². The van der Waals surface area contributed by atoms with Gasteiger partial charge in [0.1, 0.15) is 0 Å². The van der Waals surface area contributed by atoms with Gasteiger partial charge in [0, 0.05) is 24.5 Å². The maximum absolute atomic E-state index is 4.03. The first-order valence-electron chi connectivity index (χ1n) is 3.66. The molecule has 1 aliphatic heterocycles. The lowest BCUT2D eigenvalue weighted by Gasteiger charge is -1.85. The predicted octanol–water partition coefficient (Wildman–Crippen LogP) is 1.94. The highest BCUT2D eigenvalue weighted by molar-refractivity contribution is 5.32. The summed E-state index contributed by atoms with van der Waals surface area (Å²) in [5, 5.41) is 4.03. The van der Waals surface area contributed by atoms with Crippen LogP contribution in [0.3, 0.4) is 0 Å². The van der Waals surface area contributed by atoms with Crippen molar-refractivity contribution in [2.45, 2.75) is 20.3 Å². The molecule has 0 atom stereocenters. The molecule has 1 aromatic rings. The van der Waals surface area contributed by atoms with Crippen LogP contribution in [0.4, 0.5) is 0 Å². The van der Waals surface area contributed by atoms with E-state index in [0.717, 1.165) is 6.42 Å². The lowest BCUT2D eigenvalue weighted by atomic mass is 10.3. The summed E-state index contributed by atoms with van der Waals surface area (Å²) in [4.78, 5) is 0. The highest BCUT2D eigenvalue weighted by Crippen LogP contribution is 2.07. The predicted molar refractivity (Wildman–Crippen MR) is 42.6 cm³/mol. The minimum Gasteiger partial charge on any atom is -0.245 e. The van der Waals surface area contributed by atoms with Crippen molar-refractivity contribution in [1.29, 1.82) is 0 Å². The smallest absolute Gasteiger partial charge is 0.0496 e. The molecule has 54 valence electrons. The minimum atomic E-state index is 1.04. The molecule has 2 nitrogen and oxygen atoms in total. The quantitative estimate of drug-likeness (QED) is 0.533. The molecule has 0 N–H and O–H groups in total. The summed E-state index contributed by atoms with van der Waals surface area (Å²) in [6.07, 6.45) is 6.94. The Morgan fingerprint density at radius 1 is 1.50 bits per heavy atom. The molecule has 2 rings (SSSR count). The Kier molecular flexibility index (Phi) is 2.26. The molecule has 0 bridgehead atoms. The molecule has 0 aromatic carbocycles. The summed E-state index contributed by atoms with van der Waals surface area (Å²) in [5.74, 6) is 0. The third kappa shape index (κ3) is 1.10. The lowest BCUT2D eigenvalue weighted by Crippen LogP contribution is -1.86. The van der Waals surface area contributed by atoms with E-state index < -0.39 is 0 Å². The first-order valence-corrected chi connectivity index (χ1v) is 3.66. The molecule has 0 amide bonds. The fourth-order valence-corrected chi connectivity index (χ4v) is 0.911. The summed E-state index contributed by atoms with van der Waals surface area (Å²) in [6, 6.07) is 2.03. The lowest BCUT2D eigenvalue weighted by molar-refractivity contribution is 0.907. The van der Waals surface area contributed by atoms with E-state index >= 15 is 0 Å². The Bertz CT molecular complexity index is 223. The van der Waals surface area contributed by atoms with Gasteiger partial charge in [-0.25, -0.2) is 4.68 Å². The molecule has 0 radical (unpaired) electrons. The number of rotatable bonds is 0. The van der Waals surface area contributed by atoms with Gasteiger partial charge in [-0.05, 0) is 6.07 Å². The average Bonchev–Trinajstić information content (AvgIpc) is 2.49. The molecule has 1 aliphatic rings. The topological polar surface area (TPSA) is 17.8 Å². The Balaban J connectivity index is 0.000000231. The summed E-state index contributed by atoms with van der Waals surface area (Å²) in [5.41, 5.74) is 1.28. The van der Waals surface area contributed by atoms with E-state index in [1.165, 1.54) is 5.69 Å². The summed E-state index contributed by atoms with van der Waals surface area (Å²) < 4.78 is 1.89. The number of hydrogen-bond donors (Lipinski definition) is 0. The summed E-state index contributed by atoms with van der Waals surface area (Å²) in [7, 11) is 0. The molecule has 2 heterocycles. The van der Waals surface area contributed by atoms with Gasteiger partial charge in [-0.3, -0.25) is 0 Å². The van der Waals surface area contributed by atoms with Gasteiger partial charge in [0.25, 0.3) is 0 Å². The van der Waals surface area contributed by atoms with E-state index in [0.29, 0.717) is 0 Å². The van der Waals surface area contributed by atoms with Gasteiger partial charge in [-0.1, -0.05) is 19.9 Å². The van der Waals surface area contributed by atoms with Crippen LogP contribution in [-0.2, 0) is 6.42 Å². The van der Waals surface area contributed by atoms with Gasteiger partial charge >= 0.3 is 0 Å². The van der Waals surface area contributed by atoms with Crippen molar-refractivity contribution in [1.82, 2.24) is 9.78 Å². The number of allylic oxidation sites excluding steroid dienone is 1. The zero-order valence-corrected chi connectivity index (χ0v) is 6.41. The normalized spacial score (nSPS) is 12.2. The van der Waals surface area contributed by atoms with Crippen molar-refractivity contribution >= 4 is 6.20 Å². The fourth-order valence-electron chi connectivity index (χ4n) is 0.911. The molecule has 0 saturated heterocycles. The van der Waals surface area contributed by atoms with Crippen LogP contribution < -0.4 is 0 Å². The van der Waals surface area contributed by atoms with Crippen LogP contribution in [0.15, 0.2) is 18.3 Å². The third-order valence-electron chi connectivity index (χ3n) is 1.33. The van der Waals surface area contributed by atoms with Crippen molar-refractivity contribution in [3.63, 3.8) is 0 Å². The second kappa shape index (κ2) is 3.20. The zero-order chi connectivity index (χ0) is 7.40. The van der Waals surface area contributed by atoms with Gasteiger partial charge in [0.15, 0.2) is 0 Å². The fraction of sp³-hybridized carbons (Fsp3) is 0.375. The molecule has 0 fully saturated rings. The number of hydrogen-bond acceptors (Lipinski definition) is 1. The van der Waals surface area contributed by atoms with E-state index in [1.807, 2.05) is 37.0 Å². The first kappa shape index (κ1) is 7.06. The monoisotopic (exact) mass is 136 g/mol. The maximum Gasteiger partial charge on any atom is 0.0496 e. The zero-order valence-electron chi connectivity index (χ0n) is 6.41. The summed E-state index contributed by atoms with van der Waals surface area (Å²) >= 11 is 0. The Hall–Kier alpha value is -1.05. The highest BCUT2D eigenvalue weighted by atomic mass is 15.3. The van der Waals surface area contributed by atoms with Crippen molar-refractivity contribution in [2.24, 2.45) is 0 Å². The van der Waals surface area contributed by atoms with Crippen LogP contribution in [0.1, 0.15) is 19.5 Å². The minimum absolute atomic E-state index is 1.04. The van der Waals surface area contributed by atoms with Gasteiger partial charge < -0.3 is 0 Å². The Morgan fingerprint density at radius 2 is 2.30 bits per heavy atom. The van der Waals surface area contributed by atoms with Gasteiger partial charge in [-0.15, -0.1) is 0 Å². The molecular weight excluding hydrogens is 124 g/mol. The van der Waals surface area contributed by atoms with E-state index in [1.54, 1.807) is 0 Å². The van der Waals surface area contributed by atoms with Crippen molar-refractivity contribution in [3.8, 4) is 0 Å². The van der Waals surface area contributed by atoms with E-state index in [-0.39, 0.29) is 0 Å². The highest BCUT2D eigenvalue weighted by Gasteiger charge is 2.00. The third-order valence-corrected chi connectivity index (χ3v) is 1.33. The van der Waals surface area contributed by atoms with Crippen LogP contribution in [-0.4, -0.2) is 9.78 Å². The molecule has 10 heavy (non-hydrogen) atoms. The van der Waals surface area contributed by atoms with Gasteiger partial charge in [-0.2, -0.15) is 5.10 Å². The number of aromatic nitrogens is 2. The van der Waals surface area contributed by atoms with Gasteiger partial charge in [0.05, 0.1) is 0 Å². The Morgan fingerprint density at radius 3 is 3.00 bits per heavy atom. The Labute approximate surface area is 61.2 Å². The van der Waals surface area contributed by atoms with Crippen LogP contribution >= 0.6 is 0 Å². The SMILES string of the molecule is C1=Cn2nccc2C1.CC. The largest absolute Gasteiger partial charge is 0.245 e. The second-order valence-electron chi connectivity index (χ2n) is 1.86. The maximum atomic E-state index is 4.03. The molecule has 1 aromatic heterocycles. The van der Waals surface area contributed by atoms with Crippen molar-refractivity contribution in [2.75, 3.05) is 0 Å². The second-order valence-corrected chi connectivity index (χ2v) is 1.86. The van der Waals surface area contributed by atoms with Crippen LogP contribution in [0.2, 0.25) is 0 Å². The van der Waals surface area contributed by atoms with Crippen molar-refractivity contribution in [3.05, 3.63) is 24.0 Å². The van der Waals surface area contributed by atoms with Gasteiger partial charge in [0.2, 0.25) is 0 Å². The standard InChI is InChI=1S/C6H6N2.C2H6/c1-2-6-3-4-7-8(6)5-1;1-2/h1,3-5H,2H2;1-2H3. The summed E-state index contributed by atoms with van der Waals surface area (Å²) in [6.45, 7) is 4.00. The number of fused-ring (bicyclic) bond motifs is 1. The average molecular weight is 136 g/mol. The molecule has 0 saturated carbocycles. The van der Waals surface area contributed by atoms with Crippen molar-refractivity contribution < 1.29 is 0 Å². The van der Waals surface area contributed by atoms with E-state index in [9.17, 15) is 0 Å². The molecule has 0 spiro atoms. The number of nitrogens with zero attached hydrogens (tertiary/aromatic N) is 2. The molecule has 0 unspecified atom stereocenters.